The summed E-state index contributed by atoms with van der Waals surface area (Å²) in [6.07, 6.45) is 8.93. The fourth-order valence-corrected chi connectivity index (χ4v) is 4.99. The van der Waals surface area contributed by atoms with Crippen LogP contribution in [0, 0.1) is 17.8 Å². The van der Waals surface area contributed by atoms with E-state index >= 15 is 0 Å². The van der Waals surface area contributed by atoms with Gasteiger partial charge in [-0.05, 0) is 69.9 Å². The van der Waals surface area contributed by atoms with Gasteiger partial charge in [0.25, 0.3) is 0 Å². The number of rotatable bonds is 4. The molecular formula is C16H30N2. The number of nitrogens with one attached hydrogen (secondary N) is 1. The van der Waals surface area contributed by atoms with Gasteiger partial charge in [-0.2, -0.15) is 0 Å². The molecule has 5 unspecified atom stereocenters. The zero-order valence-electron chi connectivity index (χ0n) is 12.2. The van der Waals surface area contributed by atoms with Crippen LogP contribution in [-0.4, -0.2) is 36.6 Å². The lowest BCUT2D eigenvalue weighted by Gasteiger charge is -2.41. The molecular weight excluding hydrogens is 220 g/mol. The molecule has 2 saturated carbocycles. The Balaban J connectivity index is 1.56. The molecule has 1 heterocycles. The van der Waals surface area contributed by atoms with E-state index in [0.29, 0.717) is 0 Å². The lowest BCUT2D eigenvalue weighted by molar-refractivity contribution is 0.0855. The van der Waals surface area contributed by atoms with Gasteiger partial charge in [-0.25, -0.2) is 0 Å². The molecule has 0 radical (unpaired) electrons. The first-order chi connectivity index (χ1) is 8.78. The maximum atomic E-state index is 3.65. The number of hydrogen-bond donors (Lipinski definition) is 1. The normalized spacial score (nSPS) is 42.3. The molecule has 1 aliphatic heterocycles. The number of piperidine rings is 1. The van der Waals surface area contributed by atoms with Gasteiger partial charge in [0.15, 0.2) is 0 Å². The standard InChI is InChI=1S/C16H30N2/c1-3-17-15-5-4-8-18(11-15)12(2)16-10-13-6-7-14(16)9-13/h12-17H,3-11H2,1-2H3. The van der Waals surface area contributed by atoms with Gasteiger partial charge in [-0.3, -0.25) is 4.90 Å². The molecule has 3 fully saturated rings. The van der Waals surface area contributed by atoms with Crippen molar-refractivity contribution in [2.45, 2.75) is 64.5 Å². The predicted molar refractivity (Wildman–Crippen MR) is 76.7 cm³/mol. The number of likely N-dealkylation sites (tertiary alicyclic amines) is 1. The molecule has 3 rings (SSSR count). The van der Waals surface area contributed by atoms with Gasteiger partial charge in [0.2, 0.25) is 0 Å². The summed E-state index contributed by atoms with van der Waals surface area (Å²) in [5.41, 5.74) is 0. The van der Waals surface area contributed by atoms with Crippen LogP contribution in [0.4, 0.5) is 0 Å². The third-order valence-electron chi connectivity index (χ3n) is 5.93. The zero-order chi connectivity index (χ0) is 12.5. The molecule has 18 heavy (non-hydrogen) atoms. The van der Waals surface area contributed by atoms with Gasteiger partial charge >= 0.3 is 0 Å². The average Bonchev–Trinajstić information content (AvgIpc) is 3.01. The highest BCUT2D eigenvalue weighted by Crippen LogP contribution is 2.50. The van der Waals surface area contributed by atoms with Crippen LogP contribution in [-0.2, 0) is 0 Å². The highest BCUT2D eigenvalue weighted by atomic mass is 15.2. The van der Waals surface area contributed by atoms with E-state index in [0.717, 1.165) is 36.4 Å². The molecule has 0 amide bonds. The van der Waals surface area contributed by atoms with E-state index in [1.54, 1.807) is 6.42 Å². The molecule has 2 heteroatoms. The summed E-state index contributed by atoms with van der Waals surface area (Å²) in [6, 6.07) is 1.59. The van der Waals surface area contributed by atoms with E-state index in [4.69, 9.17) is 0 Å². The van der Waals surface area contributed by atoms with Crippen molar-refractivity contribution in [3.8, 4) is 0 Å². The van der Waals surface area contributed by atoms with Crippen LogP contribution in [0.25, 0.3) is 0 Å². The quantitative estimate of drug-likeness (QED) is 0.825. The third kappa shape index (κ3) is 2.46. The topological polar surface area (TPSA) is 15.3 Å². The SMILES string of the molecule is CCNC1CCCN(C(C)C2CC3CCC2C3)C1. The van der Waals surface area contributed by atoms with Crippen LogP contribution in [0.15, 0.2) is 0 Å². The number of nitrogens with zero attached hydrogens (tertiary/aromatic N) is 1. The van der Waals surface area contributed by atoms with Crippen LogP contribution in [0.1, 0.15) is 52.4 Å². The van der Waals surface area contributed by atoms with Gasteiger partial charge < -0.3 is 5.32 Å². The molecule has 2 bridgehead atoms. The first-order valence-corrected chi connectivity index (χ1v) is 8.25. The Bertz CT molecular complexity index is 276. The molecule has 0 spiro atoms. The Morgan fingerprint density at radius 2 is 2.11 bits per heavy atom. The van der Waals surface area contributed by atoms with Crippen molar-refractivity contribution in [2.24, 2.45) is 17.8 Å². The molecule has 3 aliphatic rings. The van der Waals surface area contributed by atoms with Crippen molar-refractivity contribution in [1.82, 2.24) is 10.2 Å². The van der Waals surface area contributed by atoms with Gasteiger partial charge in [-0.15, -0.1) is 0 Å². The maximum absolute atomic E-state index is 3.65. The molecule has 1 N–H and O–H groups in total. The van der Waals surface area contributed by atoms with Crippen LogP contribution in [0.3, 0.4) is 0 Å². The predicted octanol–water partition coefficient (Wildman–Crippen LogP) is 2.89. The monoisotopic (exact) mass is 250 g/mol. The summed E-state index contributed by atoms with van der Waals surface area (Å²) in [4.78, 5) is 2.79. The lowest BCUT2D eigenvalue weighted by Crippen LogP contribution is -2.51. The second kappa shape index (κ2) is 5.50. The zero-order valence-corrected chi connectivity index (χ0v) is 12.2. The fourth-order valence-electron chi connectivity index (χ4n) is 4.99. The molecule has 0 aromatic carbocycles. The van der Waals surface area contributed by atoms with Crippen LogP contribution >= 0.6 is 0 Å². The van der Waals surface area contributed by atoms with Gasteiger partial charge in [0.05, 0.1) is 0 Å². The largest absolute Gasteiger partial charge is 0.313 e. The molecule has 2 aliphatic carbocycles. The van der Waals surface area contributed by atoms with Gasteiger partial charge in [0.1, 0.15) is 0 Å². The molecule has 1 saturated heterocycles. The second-order valence-corrected chi connectivity index (χ2v) is 6.97. The average molecular weight is 250 g/mol. The molecule has 0 aromatic heterocycles. The van der Waals surface area contributed by atoms with E-state index in [2.05, 4.69) is 24.1 Å². The number of hydrogen-bond acceptors (Lipinski definition) is 2. The van der Waals surface area contributed by atoms with Gasteiger partial charge in [-0.1, -0.05) is 13.3 Å². The summed E-state index contributed by atoms with van der Waals surface area (Å²) < 4.78 is 0. The van der Waals surface area contributed by atoms with Crippen molar-refractivity contribution in [1.29, 1.82) is 0 Å². The summed E-state index contributed by atoms with van der Waals surface area (Å²) in [7, 11) is 0. The number of fused-ring (bicyclic) bond motifs is 2. The van der Waals surface area contributed by atoms with Crippen molar-refractivity contribution >= 4 is 0 Å². The Hall–Kier alpha value is -0.0800. The Morgan fingerprint density at radius 1 is 1.22 bits per heavy atom. The van der Waals surface area contributed by atoms with Gasteiger partial charge in [0, 0.05) is 18.6 Å². The smallest absolute Gasteiger partial charge is 0.0195 e. The van der Waals surface area contributed by atoms with Crippen LogP contribution in [0.5, 0.6) is 0 Å². The highest BCUT2D eigenvalue weighted by molar-refractivity contribution is 4.95. The van der Waals surface area contributed by atoms with E-state index in [1.807, 2.05) is 0 Å². The third-order valence-corrected chi connectivity index (χ3v) is 5.93. The molecule has 5 atom stereocenters. The minimum absolute atomic E-state index is 0.754. The second-order valence-electron chi connectivity index (χ2n) is 6.97. The number of likely N-dealkylation sites (N-methyl/N-ethyl adjacent to an activating group) is 1. The van der Waals surface area contributed by atoms with E-state index < -0.39 is 0 Å². The lowest BCUT2D eigenvalue weighted by atomic mass is 9.82. The summed E-state index contributed by atoms with van der Waals surface area (Å²) >= 11 is 0. The van der Waals surface area contributed by atoms with E-state index in [-0.39, 0.29) is 0 Å². The van der Waals surface area contributed by atoms with Crippen molar-refractivity contribution in [3.63, 3.8) is 0 Å². The fraction of sp³-hybridized carbons (Fsp3) is 1.00. The minimum Gasteiger partial charge on any atom is -0.313 e. The molecule has 104 valence electrons. The maximum Gasteiger partial charge on any atom is 0.0195 e. The van der Waals surface area contributed by atoms with E-state index in [9.17, 15) is 0 Å². The highest BCUT2D eigenvalue weighted by Gasteiger charge is 2.43. The Morgan fingerprint density at radius 3 is 2.78 bits per heavy atom. The Labute approximate surface area is 113 Å². The van der Waals surface area contributed by atoms with E-state index in [1.165, 1.54) is 45.2 Å². The van der Waals surface area contributed by atoms with Crippen LogP contribution in [0.2, 0.25) is 0 Å². The van der Waals surface area contributed by atoms with Crippen molar-refractivity contribution < 1.29 is 0 Å². The minimum atomic E-state index is 0.754. The Kier molecular flexibility index (Phi) is 3.95. The molecule has 0 aromatic rings. The first-order valence-electron chi connectivity index (χ1n) is 8.25. The van der Waals surface area contributed by atoms with Crippen molar-refractivity contribution in [2.75, 3.05) is 19.6 Å². The summed E-state index contributed by atoms with van der Waals surface area (Å²) in [6.45, 7) is 8.51. The first kappa shape index (κ1) is 12.9. The van der Waals surface area contributed by atoms with Crippen molar-refractivity contribution in [3.05, 3.63) is 0 Å². The van der Waals surface area contributed by atoms with Crippen LogP contribution < -0.4 is 5.32 Å². The molecule has 2 nitrogen and oxygen atoms in total. The summed E-state index contributed by atoms with van der Waals surface area (Å²) in [5.74, 6) is 3.19. The summed E-state index contributed by atoms with van der Waals surface area (Å²) in [5, 5.41) is 3.65.